The summed E-state index contributed by atoms with van der Waals surface area (Å²) in [7, 11) is 1.48. The molecule has 0 fully saturated rings. The third-order valence-electron chi connectivity index (χ3n) is 4.04. The molecule has 0 atom stereocenters. The van der Waals surface area contributed by atoms with Crippen molar-refractivity contribution < 1.29 is 9.59 Å². The van der Waals surface area contributed by atoms with Crippen molar-refractivity contribution >= 4 is 40.8 Å². The van der Waals surface area contributed by atoms with Crippen LogP contribution < -0.4 is 16.4 Å². The van der Waals surface area contributed by atoms with Crippen molar-refractivity contribution in [1.29, 1.82) is 0 Å². The monoisotopic (exact) mass is 429 g/mol. The molecule has 0 bridgehead atoms. The van der Waals surface area contributed by atoms with E-state index in [4.69, 9.17) is 28.9 Å². The average molecular weight is 430 g/mol. The van der Waals surface area contributed by atoms with Crippen LogP contribution in [0.1, 0.15) is 26.4 Å². The van der Waals surface area contributed by atoms with Gasteiger partial charge in [-0.3, -0.25) is 9.59 Å². The molecule has 0 aliphatic rings. The zero-order chi connectivity index (χ0) is 21.0. The van der Waals surface area contributed by atoms with Crippen molar-refractivity contribution in [2.75, 3.05) is 12.8 Å². The van der Waals surface area contributed by atoms with E-state index in [2.05, 4.69) is 20.6 Å². The van der Waals surface area contributed by atoms with Crippen molar-refractivity contribution in [3.05, 3.63) is 75.5 Å². The molecule has 2 amide bonds. The van der Waals surface area contributed by atoms with E-state index in [0.29, 0.717) is 26.9 Å². The Balaban J connectivity index is 1.80. The van der Waals surface area contributed by atoms with Gasteiger partial charge in [0.25, 0.3) is 11.8 Å². The van der Waals surface area contributed by atoms with Crippen LogP contribution >= 0.6 is 23.2 Å². The van der Waals surface area contributed by atoms with E-state index in [0.717, 1.165) is 5.56 Å². The molecular weight excluding hydrogens is 413 g/mol. The van der Waals surface area contributed by atoms with Crippen LogP contribution in [0.3, 0.4) is 0 Å². The Morgan fingerprint density at radius 3 is 2.48 bits per heavy atom. The van der Waals surface area contributed by atoms with Gasteiger partial charge in [0.1, 0.15) is 0 Å². The quantitative estimate of drug-likeness (QED) is 0.575. The molecule has 0 aliphatic carbocycles. The Morgan fingerprint density at radius 2 is 1.79 bits per heavy atom. The SMILES string of the molecule is CNC(=O)c1nc(-c2cccc(C(=O)NCc3cc(Cl)cc(Cl)c3)c2)cnc1N. The molecule has 3 aromatic rings. The highest BCUT2D eigenvalue weighted by atomic mass is 35.5. The summed E-state index contributed by atoms with van der Waals surface area (Å²) in [6.45, 7) is 0.270. The summed E-state index contributed by atoms with van der Waals surface area (Å²) in [6, 6.07) is 11.9. The summed E-state index contributed by atoms with van der Waals surface area (Å²) in [5.74, 6) is -0.689. The maximum atomic E-state index is 12.5. The second kappa shape index (κ2) is 8.89. The van der Waals surface area contributed by atoms with Crippen molar-refractivity contribution in [3.8, 4) is 11.3 Å². The number of aromatic nitrogens is 2. The minimum atomic E-state index is -0.439. The van der Waals surface area contributed by atoms with Gasteiger partial charge >= 0.3 is 0 Å². The molecular formula is C20H17Cl2N5O2. The van der Waals surface area contributed by atoms with Crippen LogP contribution in [0.25, 0.3) is 11.3 Å². The van der Waals surface area contributed by atoms with E-state index in [1.165, 1.54) is 13.2 Å². The molecule has 0 saturated heterocycles. The molecule has 0 spiro atoms. The summed E-state index contributed by atoms with van der Waals surface area (Å²) in [6.07, 6.45) is 1.45. The van der Waals surface area contributed by atoms with Gasteiger partial charge in [0, 0.05) is 34.8 Å². The van der Waals surface area contributed by atoms with Gasteiger partial charge in [-0.25, -0.2) is 9.97 Å². The molecule has 0 radical (unpaired) electrons. The van der Waals surface area contributed by atoms with Crippen molar-refractivity contribution in [3.63, 3.8) is 0 Å². The number of carbonyl (C=O) groups is 2. The number of halogens is 2. The summed E-state index contributed by atoms with van der Waals surface area (Å²) in [4.78, 5) is 32.7. The second-order valence-corrected chi connectivity index (χ2v) is 6.98. The van der Waals surface area contributed by atoms with Gasteiger partial charge in [-0.05, 0) is 35.9 Å². The number of nitrogens with zero attached hydrogens (tertiary/aromatic N) is 2. The molecule has 0 saturated carbocycles. The Labute approximate surface area is 177 Å². The number of amides is 2. The zero-order valence-electron chi connectivity index (χ0n) is 15.4. The summed E-state index contributed by atoms with van der Waals surface area (Å²) < 4.78 is 0. The number of rotatable bonds is 5. The number of hydrogen-bond donors (Lipinski definition) is 3. The lowest BCUT2D eigenvalue weighted by atomic mass is 10.1. The Kier molecular flexibility index (Phi) is 6.31. The van der Waals surface area contributed by atoms with Crippen molar-refractivity contribution in [1.82, 2.24) is 20.6 Å². The van der Waals surface area contributed by atoms with E-state index in [1.807, 2.05) is 0 Å². The fourth-order valence-electron chi connectivity index (χ4n) is 2.64. The Morgan fingerprint density at radius 1 is 1.07 bits per heavy atom. The van der Waals surface area contributed by atoms with Gasteiger partial charge in [0.15, 0.2) is 11.5 Å². The highest BCUT2D eigenvalue weighted by Gasteiger charge is 2.14. The summed E-state index contributed by atoms with van der Waals surface area (Å²) in [5, 5.41) is 6.28. The first-order valence-corrected chi connectivity index (χ1v) is 9.31. The van der Waals surface area contributed by atoms with Crippen molar-refractivity contribution in [2.45, 2.75) is 6.54 Å². The molecule has 0 unspecified atom stereocenters. The van der Waals surface area contributed by atoms with Crippen LogP contribution in [0.4, 0.5) is 5.82 Å². The third-order valence-corrected chi connectivity index (χ3v) is 4.48. The first kappa shape index (κ1) is 20.6. The van der Waals surface area contributed by atoms with Crippen molar-refractivity contribution in [2.24, 2.45) is 0 Å². The van der Waals surface area contributed by atoms with E-state index >= 15 is 0 Å². The maximum Gasteiger partial charge on any atom is 0.273 e. The predicted molar refractivity (Wildman–Crippen MR) is 113 cm³/mol. The molecule has 1 aromatic heterocycles. The van der Waals surface area contributed by atoms with Gasteiger partial charge in [-0.2, -0.15) is 0 Å². The standard InChI is InChI=1S/C20H17Cl2N5O2/c1-24-20(29)17-18(23)25-10-16(27-17)12-3-2-4-13(7-12)19(28)26-9-11-5-14(21)8-15(22)6-11/h2-8,10H,9H2,1H3,(H2,23,25)(H,24,29)(H,26,28). The topological polar surface area (TPSA) is 110 Å². The highest BCUT2D eigenvalue weighted by Crippen LogP contribution is 2.21. The smallest absolute Gasteiger partial charge is 0.273 e. The van der Waals surface area contributed by atoms with E-state index in [9.17, 15) is 9.59 Å². The molecule has 4 N–H and O–H groups in total. The number of carbonyl (C=O) groups excluding carboxylic acids is 2. The summed E-state index contributed by atoms with van der Waals surface area (Å²) in [5.41, 5.74) is 8.01. The fraction of sp³-hybridized carbons (Fsp3) is 0.100. The predicted octanol–water partition coefficient (Wildman–Crippen LogP) is 3.32. The van der Waals surface area contributed by atoms with Crippen LogP contribution in [0.5, 0.6) is 0 Å². The second-order valence-electron chi connectivity index (χ2n) is 6.11. The summed E-state index contributed by atoms with van der Waals surface area (Å²) >= 11 is 12.0. The third kappa shape index (κ3) is 5.01. The molecule has 148 valence electrons. The number of nitrogen functional groups attached to an aromatic ring is 1. The number of nitrogens with one attached hydrogen (secondary N) is 2. The van der Waals surface area contributed by atoms with Gasteiger partial charge < -0.3 is 16.4 Å². The molecule has 3 rings (SSSR count). The number of nitrogens with two attached hydrogens (primary N) is 1. The minimum absolute atomic E-state index is 0.0256. The molecule has 9 heteroatoms. The van der Waals surface area contributed by atoms with Crippen LogP contribution in [0.15, 0.2) is 48.7 Å². The first-order valence-electron chi connectivity index (χ1n) is 8.55. The fourth-order valence-corrected chi connectivity index (χ4v) is 3.21. The Bertz CT molecular complexity index is 1070. The maximum absolute atomic E-state index is 12.5. The zero-order valence-corrected chi connectivity index (χ0v) is 16.9. The molecule has 29 heavy (non-hydrogen) atoms. The first-order chi connectivity index (χ1) is 13.9. The normalized spacial score (nSPS) is 10.4. The lowest BCUT2D eigenvalue weighted by molar-refractivity contribution is 0.0945. The van der Waals surface area contributed by atoms with Gasteiger partial charge in [0.05, 0.1) is 11.9 Å². The van der Waals surface area contributed by atoms with Gasteiger partial charge in [-0.15, -0.1) is 0 Å². The van der Waals surface area contributed by atoms with E-state index in [1.54, 1.807) is 42.5 Å². The number of benzene rings is 2. The molecule has 7 nitrogen and oxygen atoms in total. The minimum Gasteiger partial charge on any atom is -0.382 e. The lowest BCUT2D eigenvalue weighted by Crippen LogP contribution is -2.23. The highest BCUT2D eigenvalue weighted by molar-refractivity contribution is 6.34. The van der Waals surface area contributed by atoms with Gasteiger partial charge in [-0.1, -0.05) is 35.3 Å². The lowest BCUT2D eigenvalue weighted by Gasteiger charge is -2.09. The largest absolute Gasteiger partial charge is 0.382 e. The van der Waals surface area contributed by atoms with Crippen LogP contribution in [-0.4, -0.2) is 28.8 Å². The number of hydrogen-bond acceptors (Lipinski definition) is 5. The van der Waals surface area contributed by atoms with Crippen LogP contribution in [0.2, 0.25) is 10.0 Å². The van der Waals surface area contributed by atoms with Crippen LogP contribution in [0, 0.1) is 0 Å². The number of anilines is 1. The van der Waals surface area contributed by atoms with E-state index < -0.39 is 5.91 Å². The van der Waals surface area contributed by atoms with Gasteiger partial charge in [0.2, 0.25) is 0 Å². The molecule has 2 aromatic carbocycles. The Hall–Kier alpha value is -3.16. The average Bonchev–Trinajstić information content (AvgIpc) is 2.71. The molecule has 0 aliphatic heterocycles. The molecule has 1 heterocycles. The van der Waals surface area contributed by atoms with E-state index in [-0.39, 0.29) is 24.0 Å². The van der Waals surface area contributed by atoms with Crippen LogP contribution in [-0.2, 0) is 6.54 Å².